The number of hydrogen-bond acceptors (Lipinski definition) is 4. The van der Waals surface area contributed by atoms with Crippen molar-refractivity contribution in [2.45, 2.75) is 29.7 Å². The van der Waals surface area contributed by atoms with Crippen molar-refractivity contribution in [2.24, 2.45) is 0 Å². The number of rotatable bonds is 5. The monoisotopic (exact) mass is 371 g/mol. The van der Waals surface area contributed by atoms with Gasteiger partial charge in [-0.2, -0.15) is 0 Å². The molecule has 0 saturated heterocycles. The van der Waals surface area contributed by atoms with Crippen molar-refractivity contribution < 1.29 is 14.3 Å². The average molecular weight is 373 g/mol. The second-order valence-corrected chi connectivity index (χ2v) is 8.18. The minimum atomic E-state index is -1.74. The van der Waals surface area contributed by atoms with E-state index in [1.807, 2.05) is 5.38 Å². The predicted octanol–water partition coefficient (Wildman–Crippen LogP) is 4.54. The van der Waals surface area contributed by atoms with Crippen LogP contribution >= 0.6 is 46.1 Å². The molecule has 0 bridgehead atoms. The summed E-state index contributed by atoms with van der Waals surface area (Å²) in [6, 6.07) is 3.55. The van der Waals surface area contributed by atoms with Gasteiger partial charge in [-0.3, -0.25) is 4.79 Å². The zero-order valence-corrected chi connectivity index (χ0v) is 14.9. The summed E-state index contributed by atoms with van der Waals surface area (Å²) in [4.78, 5) is 25.7. The van der Waals surface area contributed by atoms with Crippen LogP contribution in [0.25, 0.3) is 0 Å². The molecule has 0 atom stereocenters. The summed E-state index contributed by atoms with van der Waals surface area (Å²) < 4.78 is 3.43. The molecule has 1 amide bonds. The van der Waals surface area contributed by atoms with Crippen molar-refractivity contribution in [3.05, 3.63) is 22.4 Å². The van der Waals surface area contributed by atoms with Crippen LogP contribution in [0.4, 0.5) is 4.79 Å². The number of amides is 1. The fourth-order valence-electron chi connectivity index (χ4n) is 1.28. The van der Waals surface area contributed by atoms with E-state index in [0.717, 1.165) is 0 Å². The van der Waals surface area contributed by atoms with Crippen LogP contribution in [0, 0.1) is 0 Å². The Kier molecular flexibility index (Phi) is 6.35. The van der Waals surface area contributed by atoms with Crippen molar-refractivity contribution in [1.29, 1.82) is 0 Å². The maximum atomic E-state index is 11.9. The maximum Gasteiger partial charge on any atom is 0.410 e. The van der Waals surface area contributed by atoms with Crippen LogP contribution in [0.2, 0.25) is 0 Å². The van der Waals surface area contributed by atoms with Crippen molar-refractivity contribution >= 4 is 58.0 Å². The maximum absolute atomic E-state index is 11.9. The first-order valence-corrected chi connectivity index (χ1v) is 8.13. The Morgan fingerprint density at radius 1 is 1.33 bits per heavy atom. The van der Waals surface area contributed by atoms with Gasteiger partial charge in [0.05, 0.1) is 4.88 Å². The summed E-state index contributed by atoms with van der Waals surface area (Å²) in [5.74, 6) is -0.0229. The third-order valence-corrected chi connectivity index (χ3v) is 5.08. The zero-order chi connectivity index (χ0) is 16.3. The summed E-state index contributed by atoms with van der Waals surface area (Å²) in [6.45, 7) is 3.23. The van der Waals surface area contributed by atoms with Crippen molar-refractivity contribution in [3.8, 4) is 0 Å². The van der Waals surface area contributed by atoms with Crippen LogP contribution in [-0.4, -0.2) is 39.8 Å². The summed E-state index contributed by atoms with van der Waals surface area (Å²) in [6.07, 6.45) is -0.439. The van der Waals surface area contributed by atoms with E-state index in [0.29, 0.717) is 4.88 Å². The Morgan fingerprint density at radius 2 is 1.95 bits per heavy atom. The van der Waals surface area contributed by atoms with E-state index in [1.54, 1.807) is 12.1 Å². The molecule has 1 aromatic heterocycles. The van der Waals surface area contributed by atoms with Crippen LogP contribution in [0.3, 0.4) is 0 Å². The Hall–Kier alpha value is -0.490. The van der Waals surface area contributed by atoms with Crippen LogP contribution in [0.5, 0.6) is 0 Å². The SMILES string of the molecule is CN(CCC(=O)c1cccs1)C(=O)OC(C)(C)C(Cl)(Cl)Cl. The summed E-state index contributed by atoms with van der Waals surface area (Å²) in [5, 5.41) is 1.83. The molecule has 1 heterocycles. The first-order chi connectivity index (χ1) is 9.54. The fourth-order valence-corrected chi connectivity index (χ4v) is 2.09. The number of carbonyl (C=O) groups excluding carboxylic acids is 2. The number of ether oxygens (including phenoxy) is 1. The van der Waals surface area contributed by atoms with E-state index in [9.17, 15) is 9.59 Å². The number of nitrogens with zero attached hydrogens (tertiary/aromatic N) is 1. The number of halogens is 3. The minimum Gasteiger partial charge on any atom is -0.439 e. The van der Waals surface area contributed by atoms with E-state index in [4.69, 9.17) is 39.5 Å². The summed E-state index contributed by atoms with van der Waals surface area (Å²) in [5.41, 5.74) is -1.28. The molecule has 0 aliphatic rings. The Morgan fingerprint density at radius 3 is 2.43 bits per heavy atom. The van der Waals surface area contributed by atoms with Gasteiger partial charge in [0.15, 0.2) is 11.4 Å². The van der Waals surface area contributed by atoms with Crippen LogP contribution in [0.1, 0.15) is 29.9 Å². The molecule has 1 rings (SSSR count). The molecule has 8 heteroatoms. The first kappa shape index (κ1) is 18.6. The minimum absolute atomic E-state index is 0.0229. The van der Waals surface area contributed by atoms with E-state index >= 15 is 0 Å². The number of carbonyl (C=O) groups is 2. The van der Waals surface area contributed by atoms with Gasteiger partial charge in [-0.25, -0.2) is 4.79 Å². The molecule has 0 aliphatic carbocycles. The largest absolute Gasteiger partial charge is 0.439 e. The number of hydrogen-bond donors (Lipinski definition) is 0. The fraction of sp³-hybridized carbons (Fsp3) is 0.538. The normalized spacial score (nSPS) is 12.1. The lowest BCUT2D eigenvalue weighted by Crippen LogP contribution is -2.44. The number of thiophene rings is 1. The van der Waals surface area contributed by atoms with E-state index in [2.05, 4.69) is 0 Å². The van der Waals surface area contributed by atoms with Crippen LogP contribution in [-0.2, 0) is 4.74 Å². The van der Waals surface area contributed by atoms with Crippen molar-refractivity contribution in [2.75, 3.05) is 13.6 Å². The molecular formula is C13H16Cl3NO3S. The topological polar surface area (TPSA) is 46.6 Å². The summed E-state index contributed by atoms with van der Waals surface area (Å²) >= 11 is 18.6. The molecule has 0 N–H and O–H groups in total. The van der Waals surface area contributed by atoms with Gasteiger partial charge in [-0.05, 0) is 25.3 Å². The molecular weight excluding hydrogens is 357 g/mol. The second-order valence-electron chi connectivity index (χ2n) is 4.95. The lowest BCUT2D eigenvalue weighted by atomic mass is 10.2. The molecule has 0 spiro atoms. The van der Waals surface area contributed by atoms with Gasteiger partial charge in [-0.15, -0.1) is 11.3 Å². The molecule has 0 radical (unpaired) electrons. The van der Waals surface area contributed by atoms with Gasteiger partial charge in [0.2, 0.25) is 3.79 Å². The molecule has 0 aromatic carbocycles. The Bertz CT molecular complexity index is 497. The number of alkyl halides is 3. The van der Waals surface area contributed by atoms with E-state index < -0.39 is 15.5 Å². The lowest BCUT2D eigenvalue weighted by Gasteiger charge is -2.33. The standard InChI is InChI=1S/C13H16Cl3NO3S/c1-12(2,13(14,15)16)20-11(19)17(3)7-6-9(18)10-5-4-8-21-10/h4-5,8H,6-7H2,1-3H3. The average Bonchev–Trinajstić information content (AvgIpc) is 2.87. The smallest absolute Gasteiger partial charge is 0.410 e. The number of ketones is 1. The van der Waals surface area contributed by atoms with Gasteiger partial charge in [0, 0.05) is 20.0 Å². The van der Waals surface area contributed by atoms with E-state index in [1.165, 1.54) is 37.1 Å². The molecule has 0 unspecified atom stereocenters. The lowest BCUT2D eigenvalue weighted by molar-refractivity contribution is 0.0204. The third-order valence-electron chi connectivity index (χ3n) is 2.81. The molecule has 4 nitrogen and oxygen atoms in total. The zero-order valence-electron chi connectivity index (χ0n) is 11.9. The van der Waals surface area contributed by atoms with Gasteiger partial charge >= 0.3 is 6.09 Å². The predicted molar refractivity (Wildman–Crippen MR) is 86.7 cm³/mol. The van der Waals surface area contributed by atoms with Crippen molar-refractivity contribution in [3.63, 3.8) is 0 Å². The highest BCUT2D eigenvalue weighted by atomic mass is 35.6. The first-order valence-electron chi connectivity index (χ1n) is 6.12. The van der Waals surface area contributed by atoms with Gasteiger partial charge in [0.1, 0.15) is 0 Å². The van der Waals surface area contributed by atoms with Gasteiger partial charge < -0.3 is 9.64 Å². The highest BCUT2D eigenvalue weighted by Gasteiger charge is 2.44. The highest BCUT2D eigenvalue weighted by molar-refractivity contribution is 7.12. The van der Waals surface area contributed by atoms with Crippen molar-refractivity contribution in [1.82, 2.24) is 4.90 Å². The van der Waals surface area contributed by atoms with Gasteiger partial charge in [-0.1, -0.05) is 40.9 Å². The Balaban J connectivity index is 2.50. The highest BCUT2D eigenvalue weighted by Crippen LogP contribution is 2.40. The molecule has 1 aromatic rings. The van der Waals surface area contributed by atoms with Gasteiger partial charge in [0.25, 0.3) is 0 Å². The molecule has 0 aliphatic heterocycles. The summed E-state index contributed by atoms with van der Waals surface area (Å²) in [7, 11) is 1.53. The Labute approximate surface area is 142 Å². The van der Waals surface area contributed by atoms with Crippen LogP contribution < -0.4 is 0 Å². The van der Waals surface area contributed by atoms with Crippen LogP contribution in [0.15, 0.2) is 17.5 Å². The molecule has 0 saturated carbocycles. The van der Waals surface area contributed by atoms with E-state index in [-0.39, 0.29) is 18.7 Å². The quantitative estimate of drug-likeness (QED) is 0.563. The third kappa shape index (κ3) is 5.33. The number of Topliss-reactive ketones (excluding diaryl/α,β-unsaturated/α-hetero) is 1. The molecule has 0 fully saturated rings. The molecule has 118 valence electrons. The second kappa shape index (κ2) is 7.18. The molecule has 21 heavy (non-hydrogen) atoms.